The van der Waals surface area contributed by atoms with Crippen LogP contribution in [-0.4, -0.2) is 22.6 Å². The lowest BCUT2D eigenvalue weighted by molar-refractivity contribution is -0.120. The van der Waals surface area contributed by atoms with Crippen LogP contribution in [0.3, 0.4) is 0 Å². The highest BCUT2D eigenvalue weighted by molar-refractivity contribution is 9.10. The number of carbonyl (C=O) groups is 1. The van der Waals surface area contributed by atoms with Crippen LogP contribution in [0.4, 0.5) is 5.69 Å². The molecule has 0 atom stereocenters. The molecule has 0 aliphatic carbocycles. The summed E-state index contributed by atoms with van der Waals surface area (Å²) in [6.45, 7) is -0.362. The van der Waals surface area contributed by atoms with E-state index < -0.39 is 11.5 Å². The molecule has 0 aliphatic heterocycles. The fourth-order valence-electron chi connectivity index (χ4n) is 2.65. The van der Waals surface area contributed by atoms with Crippen LogP contribution in [0.2, 0.25) is 0 Å². The predicted octanol–water partition coefficient (Wildman–Crippen LogP) is 4.43. The minimum Gasteiger partial charge on any atom is -0.493 e. The molecular weight excluding hydrogens is 430 g/mol. The fraction of sp³-hybridized carbons (Fsp3) is 0.0526. The van der Waals surface area contributed by atoms with E-state index in [4.69, 9.17) is 9.15 Å². The van der Waals surface area contributed by atoms with Gasteiger partial charge in [-0.05, 0) is 36.4 Å². The molecule has 8 nitrogen and oxygen atoms in total. The second kappa shape index (κ2) is 7.28. The number of azo groups is 1. The number of hydrogen-bond acceptors (Lipinski definition) is 6. The minimum absolute atomic E-state index is 0.164. The van der Waals surface area contributed by atoms with Crippen molar-refractivity contribution in [1.82, 2.24) is 4.98 Å². The normalized spacial score (nSPS) is 11.5. The van der Waals surface area contributed by atoms with E-state index in [1.54, 1.807) is 30.3 Å². The summed E-state index contributed by atoms with van der Waals surface area (Å²) < 4.78 is 11.3. The number of benzene rings is 2. The van der Waals surface area contributed by atoms with Gasteiger partial charge < -0.3 is 19.2 Å². The third-order valence-corrected chi connectivity index (χ3v) is 4.43. The predicted molar refractivity (Wildman–Crippen MR) is 105 cm³/mol. The van der Waals surface area contributed by atoms with Crippen molar-refractivity contribution in [2.45, 2.75) is 0 Å². The van der Waals surface area contributed by atoms with Crippen LogP contribution in [0, 0.1) is 0 Å². The second-order valence-corrected chi connectivity index (χ2v) is 6.76. The van der Waals surface area contributed by atoms with Crippen molar-refractivity contribution in [2.24, 2.45) is 10.2 Å². The van der Waals surface area contributed by atoms with Crippen LogP contribution in [0.25, 0.3) is 21.9 Å². The van der Waals surface area contributed by atoms with Gasteiger partial charge in [-0.3, -0.25) is 4.79 Å². The molecule has 0 unspecified atom stereocenters. The molecule has 2 aromatic heterocycles. The van der Waals surface area contributed by atoms with Crippen molar-refractivity contribution in [3.8, 4) is 11.6 Å². The lowest BCUT2D eigenvalue weighted by atomic mass is 10.2. The first kappa shape index (κ1) is 17.9. The van der Waals surface area contributed by atoms with Crippen molar-refractivity contribution < 1.29 is 19.1 Å². The number of ether oxygens (including phenoxy) is 1. The molecule has 0 radical (unpaired) electrons. The van der Waals surface area contributed by atoms with Gasteiger partial charge in [-0.15, -0.1) is 10.2 Å². The second-order valence-electron chi connectivity index (χ2n) is 5.85. The molecule has 0 fully saturated rings. The average Bonchev–Trinajstić information content (AvgIpc) is 2.98. The quantitative estimate of drug-likeness (QED) is 0.358. The molecule has 0 aliphatic rings. The molecule has 0 saturated carbocycles. The molecule has 0 spiro atoms. The third-order valence-electron chi connectivity index (χ3n) is 3.93. The van der Waals surface area contributed by atoms with Gasteiger partial charge in [0.15, 0.2) is 12.3 Å². The largest absolute Gasteiger partial charge is 0.493 e. The van der Waals surface area contributed by atoms with E-state index in [1.807, 2.05) is 6.07 Å². The number of aromatic nitrogens is 1. The zero-order valence-electron chi connectivity index (χ0n) is 14.2. The number of fused-ring (bicyclic) bond motifs is 2. The molecule has 28 heavy (non-hydrogen) atoms. The smallest absolute Gasteiger partial charge is 0.336 e. The van der Waals surface area contributed by atoms with Crippen molar-refractivity contribution in [1.29, 1.82) is 0 Å². The van der Waals surface area contributed by atoms with Crippen LogP contribution < -0.4 is 10.4 Å². The van der Waals surface area contributed by atoms with Crippen molar-refractivity contribution in [2.75, 3.05) is 6.61 Å². The number of halogens is 1. The first-order valence-electron chi connectivity index (χ1n) is 8.11. The number of amides is 1. The molecule has 4 aromatic rings. The summed E-state index contributed by atoms with van der Waals surface area (Å²) in [5, 5.41) is 18.8. The fourth-order valence-corrected chi connectivity index (χ4v) is 3.01. The van der Waals surface area contributed by atoms with Gasteiger partial charge in [0.05, 0.1) is 5.52 Å². The molecular formula is C19H12BrN3O5. The summed E-state index contributed by atoms with van der Waals surface area (Å²) in [5.41, 5.74) is 0.709. The van der Waals surface area contributed by atoms with E-state index in [2.05, 4.69) is 31.1 Å². The zero-order chi connectivity index (χ0) is 19.7. The van der Waals surface area contributed by atoms with E-state index >= 15 is 0 Å². The molecule has 140 valence electrons. The summed E-state index contributed by atoms with van der Waals surface area (Å²) in [6.07, 6.45) is 0. The molecule has 9 heteroatoms. The standard InChI is InChI=1S/C19H12BrN3O5/c20-11-3-5-14-13(7-11)18(19(26)21-14)23-22-16(24)9-27-12-4-1-10-2-6-17(25)28-15(10)8-12/h1-8,21,26H,9H2. The van der Waals surface area contributed by atoms with Crippen LogP contribution in [0.15, 0.2) is 72.4 Å². The molecule has 1 amide bonds. The number of carbonyl (C=O) groups excluding carboxylic acids is 1. The summed E-state index contributed by atoms with van der Waals surface area (Å²) in [6, 6.07) is 13.2. The first-order chi connectivity index (χ1) is 13.5. The number of rotatable bonds is 4. The lowest BCUT2D eigenvalue weighted by Gasteiger charge is -2.03. The van der Waals surface area contributed by atoms with Gasteiger partial charge in [0.1, 0.15) is 11.3 Å². The monoisotopic (exact) mass is 441 g/mol. The molecule has 0 bridgehead atoms. The summed E-state index contributed by atoms with van der Waals surface area (Å²) in [7, 11) is 0. The van der Waals surface area contributed by atoms with Gasteiger partial charge >= 0.3 is 11.5 Å². The van der Waals surface area contributed by atoms with E-state index in [0.717, 1.165) is 9.86 Å². The van der Waals surface area contributed by atoms with Crippen molar-refractivity contribution in [3.05, 3.63) is 63.4 Å². The number of hydrogen-bond donors (Lipinski definition) is 2. The SMILES string of the molecule is O=C(COc1ccc2ccc(=O)oc2c1)N=Nc1c(O)[nH]c2ccc(Br)cc12. The van der Waals surface area contributed by atoms with Gasteiger partial charge in [-0.2, -0.15) is 0 Å². The minimum atomic E-state index is -0.640. The topological polar surface area (TPSA) is 117 Å². The Hall–Kier alpha value is -3.46. The maximum Gasteiger partial charge on any atom is 0.336 e. The van der Waals surface area contributed by atoms with E-state index in [-0.39, 0.29) is 18.2 Å². The number of nitrogens with one attached hydrogen (secondary N) is 1. The van der Waals surface area contributed by atoms with Gasteiger partial charge in [-0.1, -0.05) is 15.9 Å². The number of aromatic hydroxyl groups is 1. The van der Waals surface area contributed by atoms with Gasteiger partial charge in [0.2, 0.25) is 5.88 Å². The number of aromatic amines is 1. The van der Waals surface area contributed by atoms with E-state index in [0.29, 0.717) is 22.2 Å². The number of H-pyrrole nitrogens is 1. The Balaban J connectivity index is 1.48. The molecule has 0 saturated heterocycles. The molecule has 2 N–H and O–H groups in total. The highest BCUT2D eigenvalue weighted by Gasteiger charge is 2.12. The summed E-state index contributed by atoms with van der Waals surface area (Å²) in [4.78, 5) is 26.0. The Labute approximate surface area is 165 Å². The van der Waals surface area contributed by atoms with Gasteiger partial charge in [0.25, 0.3) is 0 Å². The van der Waals surface area contributed by atoms with Crippen molar-refractivity contribution in [3.63, 3.8) is 0 Å². The Bertz CT molecular complexity index is 1290. The van der Waals surface area contributed by atoms with Crippen LogP contribution in [0.5, 0.6) is 11.6 Å². The van der Waals surface area contributed by atoms with Gasteiger partial charge in [-0.25, -0.2) is 4.79 Å². The first-order valence-corrected chi connectivity index (χ1v) is 8.90. The Morgan fingerprint density at radius 3 is 2.86 bits per heavy atom. The third kappa shape index (κ3) is 3.65. The maximum atomic E-state index is 12.0. The van der Waals surface area contributed by atoms with E-state index in [9.17, 15) is 14.7 Å². The Morgan fingerprint density at radius 2 is 2.00 bits per heavy atom. The molecule has 4 rings (SSSR count). The summed E-state index contributed by atoms with van der Waals surface area (Å²) >= 11 is 3.35. The Morgan fingerprint density at radius 1 is 1.18 bits per heavy atom. The van der Waals surface area contributed by atoms with Crippen LogP contribution in [0.1, 0.15) is 0 Å². The van der Waals surface area contributed by atoms with E-state index in [1.165, 1.54) is 12.1 Å². The van der Waals surface area contributed by atoms with Gasteiger partial charge in [0, 0.05) is 27.4 Å². The highest BCUT2D eigenvalue weighted by atomic mass is 79.9. The number of nitrogens with zero attached hydrogens (tertiary/aromatic N) is 2. The molecule has 2 heterocycles. The summed E-state index contributed by atoms with van der Waals surface area (Å²) in [5.74, 6) is -0.474. The average molecular weight is 442 g/mol. The molecule has 2 aromatic carbocycles. The highest BCUT2D eigenvalue weighted by Crippen LogP contribution is 2.36. The lowest BCUT2D eigenvalue weighted by Crippen LogP contribution is -2.07. The zero-order valence-corrected chi connectivity index (χ0v) is 15.8. The Kier molecular flexibility index (Phi) is 4.66. The van der Waals surface area contributed by atoms with Crippen LogP contribution >= 0.6 is 15.9 Å². The van der Waals surface area contributed by atoms with Crippen molar-refractivity contribution >= 4 is 49.4 Å². The van der Waals surface area contributed by atoms with Crippen LogP contribution in [-0.2, 0) is 4.79 Å². The maximum absolute atomic E-state index is 12.0.